The van der Waals surface area contributed by atoms with Gasteiger partial charge in [0.15, 0.2) is 0 Å². The number of hydrogen-bond donors (Lipinski definition) is 0. The van der Waals surface area contributed by atoms with Gasteiger partial charge in [0.05, 0.1) is 23.2 Å². The van der Waals surface area contributed by atoms with Gasteiger partial charge in [-0.15, -0.1) is 0 Å². The number of nitriles is 1. The number of rotatable bonds is 3. The zero-order chi connectivity index (χ0) is 20.5. The zero-order valence-electron chi connectivity index (χ0n) is 16.2. The molecule has 0 unspecified atom stereocenters. The fraction of sp³-hybridized carbons (Fsp3) is 0.348. The molecule has 2 aromatic carbocycles. The van der Waals surface area contributed by atoms with E-state index >= 15 is 0 Å². The molecule has 2 aromatic rings. The molecule has 6 heteroatoms. The van der Waals surface area contributed by atoms with E-state index < -0.39 is 0 Å². The molecule has 2 amide bonds. The van der Waals surface area contributed by atoms with E-state index in [1.54, 1.807) is 35.2 Å². The van der Waals surface area contributed by atoms with Gasteiger partial charge in [-0.3, -0.25) is 9.59 Å². The Morgan fingerprint density at radius 3 is 2.66 bits per heavy atom. The van der Waals surface area contributed by atoms with E-state index in [9.17, 15) is 19.2 Å². The first-order valence-electron chi connectivity index (χ1n) is 9.86. The molecular formula is C23H22FN3O2. The van der Waals surface area contributed by atoms with Gasteiger partial charge in [-0.05, 0) is 29.8 Å². The second kappa shape index (κ2) is 7.67. The first-order valence-corrected chi connectivity index (χ1v) is 9.86. The molecular weight excluding hydrogens is 369 g/mol. The van der Waals surface area contributed by atoms with Crippen LogP contribution in [0.3, 0.4) is 0 Å². The van der Waals surface area contributed by atoms with Gasteiger partial charge in [0.1, 0.15) is 5.82 Å². The summed E-state index contributed by atoms with van der Waals surface area (Å²) in [6, 6.07) is 15.0. The molecule has 2 aliphatic rings. The van der Waals surface area contributed by atoms with Crippen molar-refractivity contribution in [2.24, 2.45) is 11.8 Å². The van der Waals surface area contributed by atoms with E-state index in [1.807, 2.05) is 17.9 Å². The fourth-order valence-electron chi connectivity index (χ4n) is 4.73. The summed E-state index contributed by atoms with van der Waals surface area (Å²) in [4.78, 5) is 29.2. The van der Waals surface area contributed by atoms with Gasteiger partial charge in [-0.25, -0.2) is 4.39 Å². The van der Waals surface area contributed by atoms with Gasteiger partial charge < -0.3 is 9.80 Å². The zero-order valence-corrected chi connectivity index (χ0v) is 16.2. The molecule has 2 saturated heterocycles. The van der Waals surface area contributed by atoms with Crippen LogP contribution in [0.4, 0.5) is 4.39 Å². The monoisotopic (exact) mass is 391 g/mol. The van der Waals surface area contributed by atoms with Crippen LogP contribution in [-0.2, 0) is 4.79 Å². The van der Waals surface area contributed by atoms with Gasteiger partial charge >= 0.3 is 0 Å². The highest BCUT2D eigenvalue weighted by atomic mass is 19.1. The standard InChI is InChI=1S/C23H22FN3O2/c1-2-21(28)27-13-17-12-26(23(29)19-9-4-3-6-16(19)11-25)14-20(17)22(27)15-7-5-8-18(24)10-15/h3-10,17,20,22H,2,12-14H2,1H3/t17-,20-,22+/m0/s1. The Kier molecular flexibility index (Phi) is 5.06. The van der Waals surface area contributed by atoms with E-state index in [0.717, 1.165) is 5.56 Å². The summed E-state index contributed by atoms with van der Waals surface area (Å²) in [5.41, 5.74) is 1.53. The minimum absolute atomic E-state index is 0.0429. The van der Waals surface area contributed by atoms with Gasteiger partial charge in [0, 0.05) is 37.9 Å². The maximum Gasteiger partial charge on any atom is 0.255 e. The van der Waals surface area contributed by atoms with Crippen LogP contribution in [0.25, 0.3) is 0 Å². The average molecular weight is 391 g/mol. The van der Waals surface area contributed by atoms with Crippen LogP contribution in [0.5, 0.6) is 0 Å². The van der Waals surface area contributed by atoms with Crippen molar-refractivity contribution in [1.82, 2.24) is 9.80 Å². The van der Waals surface area contributed by atoms with Crippen LogP contribution in [0.1, 0.15) is 40.9 Å². The third-order valence-electron chi connectivity index (χ3n) is 6.04. The Bertz CT molecular complexity index is 1000. The van der Waals surface area contributed by atoms with E-state index in [0.29, 0.717) is 37.2 Å². The molecule has 0 saturated carbocycles. The quantitative estimate of drug-likeness (QED) is 0.806. The molecule has 3 atom stereocenters. The lowest BCUT2D eigenvalue weighted by Crippen LogP contribution is -2.37. The van der Waals surface area contributed by atoms with Crippen molar-refractivity contribution in [2.75, 3.05) is 19.6 Å². The number of fused-ring (bicyclic) bond motifs is 1. The summed E-state index contributed by atoms with van der Waals surface area (Å²) in [7, 11) is 0. The highest BCUT2D eigenvalue weighted by Gasteiger charge is 2.49. The Labute approximate surface area is 169 Å². The number of benzene rings is 2. The molecule has 4 rings (SSSR count). The molecule has 0 radical (unpaired) electrons. The summed E-state index contributed by atoms with van der Waals surface area (Å²) in [6.07, 6.45) is 0.392. The van der Waals surface area contributed by atoms with Crippen molar-refractivity contribution >= 4 is 11.8 Å². The number of likely N-dealkylation sites (tertiary alicyclic amines) is 2. The van der Waals surface area contributed by atoms with Crippen molar-refractivity contribution in [3.8, 4) is 6.07 Å². The Balaban J connectivity index is 1.63. The lowest BCUT2D eigenvalue weighted by Gasteiger charge is -2.30. The molecule has 0 bridgehead atoms. The number of carbonyl (C=O) groups is 2. The highest BCUT2D eigenvalue weighted by molar-refractivity contribution is 5.96. The predicted octanol–water partition coefficient (Wildman–Crippen LogP) is 3.38. The molecule has 0 aliphatic carbocycles. The Hall–Kier alpha value is -3.20. The molecule has 2 aliphatic heterocycles. The van der Waals surface area contributed by atoms with Gasteiger partial charge in [0.2, 0.25) is 5.91 Å². The third kappa shape index (κ3) is 3.38. The van der Waals surface area contributed by atoms with Crippen LogP contribution < -0.4 is 0 Å². The topological polar surface area (TPSA) is 64.4 Å². The smallest absolute Gasteiger partial charge is 0.255 e. The second-order valence-electron chi connectivity index (χ2n) is 7.69. The number of halogens is 1. The van der Waals surface area contributed by atoms with Crippen LogP contribution in [0.2, 0.25) is 0 Å². The van der Waals surface area contributed by atoms with Crippen LogP contribution >= 0.6 is 0 Å². The molecule has 0 aromatic heterocycles. The predicted molar refractivity (Wildman–Crippen MR) is 105 cm³/mol. The molecule has 29 heavy (non-hydrogen) atoms. The molecule has 148 valence electrons. The normalized spacial score (nSPS) is 23.0. The fourth-order valence-corrected chi connectivity index (χ4v) is 4.73. The largest absolute Gasteiger partial charge is 0.338 e. The summed E-state index contributed by atoms with van der Waals surface area (Å²) >= 11 is 0. The van der Waals surface area contributed by atoms with Crippen LogP contribution in [-0.4, -0.2) is 41.2 Å². The van der Waals surface area contributed by atoms with Gasteiger partial charge in [-0.2, -0.15) is 5.26 Å². The maximum atomic E-state index is 13.9. The first kappa shape index (κ1) is 19.1. The van der Waals surface area contributed by atoms with Gasteiger partial charge in [-0.1, -0.05) is 31.2 Å². The van der Waals surface area contributed by atoms with Crippen molar-refractivity contribution in [1.29, 1.82) is 5.26 Å². The lowest BCUT2D eigenvalue weighted by molar-refractivity contribution is -0.132. The van der Waals surface area contributed by atoms with E-state index in [4.69, 9.17) is 0 Å². The Morgan fingerprint density at radius 1 is 1.14 bits per heavy atom. The third-order valence-corrected chi connectivity index (χ3v) is 6.04. The van der Waals surface area contributed by atoms with Crippen LogP contribution in [0, 0.1) is 29.0 Å². The molecule has 0 spiro atoms. The van der Waals surface area contributed by atoms with Gasteiger partial charge in [0.25, 0.3) is 5.91 Å². The average Bonchev–Trinajstić information content (AvgIpc) is 3.30. The minimum atomic E-state index is -0.330. The number of hydrogen-bond acceptors (Lipinski definition) is 3. The van der Waals surface area contributed by atoms with E-state index in [1.165, 1.54) is 12.1 Å². The molecule has 2 heterocycles. The highest BCUT2D eigenvalue weighted by Crippen LogP contribution is 2.45. The van der Waals surface area contributed by atoms with E-state index in [2.05, 4.69) is 6.07 Å². The first-order chi connectivity index (χ1) is 14.0. The minimum Gasteiger partial charge on any atom is -0.338 e. The summed E-state index contributed by atoms with van der Waals surface area (Å²) in [6.45, 7) is 3.40. The summed E-state index contributed by atoms with van der Waals surface area (Å²) < 4.78 is 13.9. The molecule has 2 fully saturated rings. The number of carbonyl (C=O) groups excluding carboxylic acids is 2. The summed E-state index contributed by atoms with van der Waals surface area (Å²) in [5.74, 6) is -0.268. The maximum absolute atomic E-state index is 13.9. The van der Waals surface area contributed by atoms with Crippen LogP contribution in [0.15, 0.2) is 48.5 Å². The Morgan fingerprint density at radius 2 is 1.93 bits per heavy atom. The van der Waals surface area contributed by atoms with E-state index in [-0.39, 0.29) is 35.5 Å². The van der Waals surface area contributed by atoms with Crippen molar-refractivity contribution < 1.29 is 14.0 Å². The summed E-state index contributed by atoms with van der Waals surface area (Å²) in [5, 5.41) is 9.31. The second-order valence-corrected chi connectivity index (χ2v) is 7.69. The number of nitrogens with zero attached hydrogens (tertiary/aromatic N) is 3. The molecule has 0 N–H and O–H groups in total. The number of amides is 2. The SMILES string of the molecule is CCC(=O)N1C[C@@H]2CN(C(=O)c3ccccc3C#N)C[C@@H]2[C@H]1c1cccc(F)c1. The lowest BCUT2D eigenvalue weighted by atomic mass is 9.89. The van der Waals surface area contributed by atoms with Crippen molar-refractivity contribution in [3.63, 3.8) is 0 Å². The van der Waals surface area contributed by atoms with Crippen molar-refractivity contribution in [3.05, 3.63) is 71.0 Å². The van der Waals surface area contributed by atoms with Crippen molar-refractivity contribution in [2.45, 2.75) is 19.4 Å². The molecule has 5 nitrogen and oxygen atoms in total.